The summed E-state index contributed by atoms with van der Waals surface area (Å²) in [6.07, 6.45) is 1.80. The maximum atomic E-state index is 12.5. The molecule has 0 radical (unpaired) electrons. The molecule has 4 rings (SSSR count). The molecule has 1 saturated heterocycles. The van der Waals surface area contributed by atoms with Gasteiger partial charge in [-0.3, -0.25) is 4.79 Å². The predicted molar refractivity (Wildman–Crippen MR) is 140 cm³/mol. The molecule has 0 unspecified atom stereocenters. The number of nitrogens with zero attached hydrogens (tertiary/aromatic N) is 1. The zero-order chi connectivity index (χ0) is 23.9. The molecule has 0 spiro atoms. The summed E-state index contributed by atoms with van der Waals surface area (Å²) in [6, 6.07) is 21.1. The van der Waals surface area contributed by atoms with Gasteiger partial charge in [-0.25, -0.2) is 4.99 Å². The lowest BCUT2D eigenvalue weighted by Crippen LogP contribution is -2.19. The fourth-order valence-corrected chi connectivity index (χ4v) is 4.64. The highest BCUT2D eigenvalue weighted by Crippen LogP contribution is 2.39. The summed E-state index contributed by atoms with van der Waals surface area (Å²) in [5.74, 6) is 1.76. The van der Waals surface area contributed by atoms with Crippen LogP contribution >= 0.6 is 27.7 Å². The van der Waals surface area contributed by atoms with Crippen LogP contribution in [0, 0.1) is 0 Å². The topological polar surface area (TPSA) is 69.2 Å². The van der Waals surface area contributed by atoms with E-state index in [1.165, 1.54) is 11.8 Å². The second-order valence-corrected chi connectivity index (χ2v) is 9.10. The zero-order valence-electron chi connectivity index (χ0n) is 18.7. The number of hydrogen-bond donors (Lipinski definition) is 1. The van der Waals surface area contributed by atoms with Crippen molar-refractivity contribution in [3.63, 3.8) is 0 Å². The summed E-state index contributed by atoms with van der Waals surface area (Å²) in [7, 11) is 1.59. The van der Waals surface area contributed by atoms with Gasteiger partial charge in [0.2, 0.25) is 0 Å². The molecule has 0 aliphatic carbocycles. The minimum absolute atomic E-state index is 0.200. The summed E-state index contributed by atoms with van der Waals surface area (Å²) < 4.78 is 17.7. The first-order valence-electron chi connectivity index (χ1n) is 10.6. The van der Waals surface area contributed by atoms with Gasteiger partial charge in [-0.05, 0) is 88.2 Å². The number of carbonyl (C=O) groups excluding carboxylic acids is 1. The number of ether oxygens (including phenoxy) is 3. The van der Waals surface area contributed by atoms with Crippen LogP contribution < -0.4 is 19.5 Å². The first-order chi connectivity index (χ1) is 16.6. The van der Waals surface area contributed by atoms with Gasteiger partial charge in [-0.15, -0.1) is 0 Å². The highest BCUT2D eigenvalue weighted by molar-refractivity contribution is 9.10. The fraction of sp³-hybridized carbons (Fsp3) is 0.154. The number of benzene rings is 3. The third-order valence-electron chi connectivity index (χ3n) is 4.80. The van der Waals surface area contributed by atoms with Crippen molar-refractivity contribution in [2.45, 2.75) is 13.5 Å². The van der Waals surface area contributed by atoms with E-state index >= 15 is 0 Å². The number of amides is 1. The summed E-state index contributed by atoms with van der Waals surface area (Å²) >= 11 is 4.86. The SMILES string of the molecule is CCOc1ccc(N=C2NC(=O)/C(=C/c3cc(Br)c(OCc4ccccc4)c(OC)c3)S2)cc1. The van der Waals surface area contributed by atoms with E-state index in [9.17, 15) is 4.79 Å². The maximum absolute atomic E-state index is 12.5. The summed E-state index contributed by atoms with van der Waals surface area (Å²) in [5, 5.41) is 3.33. The van der Waals surface area contributed by atoms with Crippen molar-refractivity contribution in [1.29, 1.82) is 0 Å². The van der Waals surface area contributed by atoms with Crippen LogP contribution in [0.15, 0.2) is 81.1 Å². The molecule has 1 N–H and O–H groups in total. The van der Waals surface area contributed by atoms with Crippen molar-refractivity contribution in [3.8, 4) is 17.2 Å². The molecular weight excluding hydrogens is 516 g/mol. The van der Waals surface area contributed by atoms with E-state index in [0.717, 1.165) is 27.0 Å². The number of carbonyl (C=O) groups is 1. The van der Waals surface area contributed by atoms with Crippen LogP contribution in [0.5, 0.6) is 17.2 Å². The molecule has 0 saturated carbocycles. The van der Waals surface area contributed by atoms with Crippen LogP contribution in [0.1, 0.15) is 18.1 Å². The highest BCUT2D eigenvalue weighted by Gasteiger charge is 2.24. The largest absolute Gasteiger partial charge is 0.494 e. The van der Waals surface area contributed by atoms with Gasteiger partial charge in [0.05, 0.1) is 28.8 Å². The van der Waals surface area contributed by atoms with Crippen molar-refractivity contribution in [1.82, 2.24) is 5.32 Å². The molecule has 1 amide bonds. The monoisotopic (exact) mass is 538 g/mol. The highest BCUT2D eigenvalue weighted by atomic mass is 79.9. The number of aliphatic imine (C=N–C) groups is 1. The molecule has 0 atom stereocenters. The Labute approximate surface area is 211 Å². The van der Waals surface area contributed by atoms with Gasteiger partial charge >= 0.3 is 0 Å². The van der Waals surface area contributed by atoms with Gasteiger partial charge in [0.25, 0.3) is 5.91 Å². The standard InChI is InChI=1S/C26H23BrN2O4S/c1-3-32-20-11-9-19(10-12-20)28-26-29-25(30)23(34-26)15-18-13-21(27)24(22(14-18)31-2)33-16-17-7-5-4-6-8-17/h4-15H,3,16H2,1-2H3,(H,28,29,30)/b23-15-. The van der Waals surface area contributed by atoms with E-state index in [-0.39, 0.29) is 5.91 Å². The molecule has 0 aromatic heterocycles. The van der Waals surface area contributed by atoms with Crippen LogP contribution in [-0.2, 0) is 11.4 Å². The molecule has 6 nitrogen and oxygen atoms in total. The van der Waals surface area contributed by atoms with E-state index in [0.29, 0.717) is 34.8 Å². The molecule has 8 heteroatoms. The van der Waals surface area contributed by atoms with Crippen LogP contribution in [0.3, 0.4) is 0 Å². The lowest BCUT2D eigenvalue weighted by atomic mass is 10.2. The number of hydrogen-bond acceptors (Lipinski definition) is 6. The molecule has 1 aliphatic rings. The second-order valence-electron chi connectivity index (χ2n) is 7.22. The Hall–Kier alpha value is -3.23. The van der Waals surface area contributed by atoms with E-state index in [1.54, 1.807) is 13.2 Å². The van der Waals surface area contributed by atoms with Gasteiger partial charge in [0, 0.05) is 0 Å². The minimum atomic E-state index is -0.200. The Morgan fingerprint density at radius 1 is 1.06 bits per heavy atom. The third kappa shape index (κ3) is 6.01. The van der Waals surface area contributed by atoms with Gasteiger partial charge < -0.3 is 19.5 Å². The van der Waals surface area contributed by atoms with E-state index in [2.05, 4.69) is 26.2 Å². The number of nitrogens with one attached hydrogen (secondary N) is 1. The molecule has 34 heavy (non-hydrogen) atoms. The van der Waals surface area contributed by atoms with Crippen molar-refractivity contribution in [2.75, 3.05) is 13.7 Å². The Morgan fingerprint density at radius 3 is 2.53 bits per heavy atom. The second kappa shape index (κ2) is 11.3. The average molecular weight is 539 g/mol. The first-order valence-corrected chi connectivity index (χ1v) is 12.2. The Morgan fingerprint density at radius 2 is 1.82 bits per heavy atom. The van der Waals surface area contributed by atoms with Crippen LogP contribution in [0.25, 0.3) is 6.08 Å². The molecule has 1 fully saturated rings. The normalized spacial score (nSPS) is 15.4. The molecule has 0 bridgehead atoms. The first kappa shape index (κ1) is 23.9. The minimum Gasteiger partial charge on any atom is -0.494 e. The van der Waals surface area contributed by atoms with Gasteiger partial charge in [-0.1, -0.05) is 30.3 Å². The Kier molecular flexibility index (Phi) is 7.92. The molecule has 3 aromatic carbocycles. The number of rotatable bonds is 8. The molecule has 174 valence electrons. The number of methoxy groups -OCH3 is 1. The smallest absolute Gasteiger partial charge is 0.264 e. The molecule has 1 heterocycles. The third-order valence-corrected chi connectivity index (χ3v) is 6.30. The number of thioether (sulfide) groups is 1. The van der Waals surface area contributed by atoms with Crippen LogP contribution in [-0.4, -0.2) is 24.8 Å². The lowest BCUT2D eigenvalue weighted by Gasteiger charge is -2.13. The van der Waals surface area contributed by atoms with E-state index < -0.39 is 0 Å². The van der Waals surface area contributed by atoms with E-state index in [4.69, 9.17) is 14.2 Å². The average Bonchev–Trinajstić information content (AvgIpc) is 3.18. The molecular formula is C26H23BrN2O4S. The van der Waals surface area contributed by atoms with Crippen LogP contribution in [0.2, 0.25) is 0 Å². The van der Waals surface area contributed by atoms with Gasteiger partial charge in [-0.2, -0.15) is 0 Å². The van der Waals surface area contributed by atoms with Gasteiger partial charge in [0.15, 0.2) is 16.7 Å². The van der Waals surface area contributed by atoms with E-state index in [1.807, 2.05) is 73.7 Å². The Bertz CT molecular complexity index is 1230. The maximum Gasteiger partial charge on any atom is 0.264 e. The van der Waals surface area contributed by atoms with Crippen molar-refractivity contribution in [2.24, 2.45) is 4.99 Å². The van der Waals surface area contributed by atoms with Gasteiger partial charge in [0.1, 0.15) is 12.4 Å². The molecule has 1 aliphatic heterocycles. The zero-order valence-corrected chi connectivity index (χ0v) is 21.1. The van der Waals surface area contributed by atoms with Crippen molar-refractivity contribution in [3.05, 3.63) is 87.2 Å². The summed E-state index contributed by atoms with van der Waals surface area (Å²) in [5.41, 5.74) is 2.59. The Balaban J connectivity index is 1.50. The van der Waals surface area contributed by atoms with Crippen molar-refractivity contribution >= 4 is 50.5 Å². The fourth-order valence-electron chi connectivity index (χ4n) is 3.23. The molecule has 3 aromatic rings. The quantitative estimate of drug-likeness (QED) is 0.339. The summed E-state index contributed by atoms with van der Waals surface area (Å²) in [4.78, 5) is 17.6. The van der Waals surface area contributed by atoms with Crippen LogP contribution in [0.4, 0.5) is 5.69 Å². The van der Waals surface area contributed by atoms with Crippen molar-refractivity contribution < 1.29 is 19.0 Å². The lowest BCUT2D eigenvalue weighted by molar-refractivity contribution is -0.115. The number of halogens is 1. The summed E-state index contributed by atoms with van der Waals surface area (Å²) in [6.45, 7) is 2.96. The number of amidine groups is 1. The predicted octanol–water partition coefficient (Wildman–Crippen LogP) is 6.33.